The summed E-state index contributed by atoms with van der Waals surface area (Å²) in [6.45, 7) is 10.4. The normalized spacial score (nSPS) is 11.8. The first-order valence-corrected chi connectivity index (χ1v) is 7.90. The first-order chi connectivity index (χ1) is 10.0. The molecular formula is C19H27NO. The molecule has 0 aliphatic heterocycles. The fourth-order valence-corrected chi connectivity index (χ4v) is 2.31. The molecule has 2 rings (SSSR count). The second kappa shape index (κ2) is 6.95. The van der Waals surface area contributed by atoms with Crippen LogP contribution >= 0.6 is 0 Å². The second-order valence-electron chi connectivity index (χ2n) is 6.57. The Morgan fingerprint density at radius 2 is 1.81 bits per heavy atom. The highest BCUT2D eigenvalue weighted by Gasteiger charge is 2.13. The van der Waals surface area contributed by atoms with Gasteiger partial charge in [-0.05, 0) is 44.0 Å². The number of hydrogen-bond donors (Lipinski definition) is 1. The Kier molecular flexibility index (Phi) is 5.24. The van der Waals surface area contributed by atoms with Gasteiger partial charge in [0.05, 0.1) is 6.61 Å². The Morgan fingerprint density at radius 1 is 1.05 bits per heavy atom. The molecule has 2 nitrogen and oxygen atoms in total. The molecule has 0 heterocycles. The molecular weight excluding hydrogens is 258 g/mol. The number of unbranched alkanes of at least 4 members (excludes halogenated alkanes) is 1. The van der Waals surface area contributed by atoms with Crippen LogP contribution in [0, 0.1) is 0 Å². The van der Waals surface area contributed by atoms with Crippen molar-refractivity contribution in [3.63, 3.8) is 0 Å². The third-order valence-electron chi connectivity index (χ3n) is 3.55. The van der Waals surface area contributed by atoms with E-state index in [0.717, 1.165) is 31.7 Å². The molecule has 2 heteroatoms. The van der Waals surface area contributed by atoms with Gasteiger partial charge >= 0.3 is 0 Å². The van der Waals surface area contributed by atoms with Crippen LogP contribution in [0.15, 0.2) is 36.4 Å². The van der Waals surface area contributed by atoms with Gasteiger partial charge in [-0.25, -0.2) is 0 Å². The van der Waals surface area contributed by atoms with Crippen LogP contribution < -0.4 is 10.1 Å². The summed E-state index contributed by atoms with van der Waals surface area (Å²) >= 11 is 0. The van der Waals surface area contributed by atoms with Gasteiger partial charge in [0, 0.05) is 17.6 Å². The summed E-state index contributed by atoms with van der Waals surface area (Å²) in [5, 5.41) is 6.13. The van der Waals surface area contributed by atoms with E-state index in [4.69, 9.17) is 4.74 Å². The minimum absolute atomic E-state index is 0.0949. The van der Waals surface area contributed by atoms with Crippen LogP contribution in [0.5, 0.6) is 5.75 Å². The number of hydrogen-bond acceptors (Lipinski definition) is 2. The number of fused-ring (bicyclic) bond motifs is 1. The van der Waals surface area contributed by atoms with E-state index in [0.29, 0.717) is 0 Å². The lowest BCUT2D eigenvalue weighted by Crippen LogP contribution is -2.35. The molecule has 21 heavy (non-hydrogen) atoms. The fraction of sp³-hybridized carbons (Fsp3) is 0.474. The average Bonchev–Trinajstić information content (AvgIpc) is 2.45. The molecule has 0 saturated heterocycles. The summed E-state index contributed by atoms with van der Waals surface area (Å²) in [6, 6.07) is 12.8. The minimum atomic E-state index is 0.0949. The van der Waals surface area contributed by atoms with Crippen molar-refractivity contribution in [2.75, 3.05) is 6.61 Å². The van der Waals surface area contributed by atoms with Crippen molar-refractivity contribution in [2.24, 2.45) is 0 Å². The monoisotopic (exact) mass is 285 g/mol. The molecule has 0 spiro atoms. The van der Waals surface area contributed by atoms with Gasteiger partial charge in [0.1, 0.15) is 5.75 Å². The van der Waals surface area contributed by atoms with Gasteiger partial charge in [0.25, 0.3) is 0 Å². The molecule has 0 bridgehead atoms. The van der Waals surface area contributed by atoms with E-state index < -0.39 is 0 Å². The molecule has 0 aromatic heterocycles. The van der Waals surface area contributed by atoms with Crippen molar-refractivity contribution in [3.8, 4) is 5.75 Å². The molecule has 0 saturated carbocycles. The predicted molar refractivity (Wildman–Crippen MR) is 90.9 cm³/mol. The lowest BCUT2D eigenvalue weighted by molar-refractivity contribution is 0.304. The molecule has 0 atom stereocenters. The number of nitrogens with one attached hydrogen (secondary N) is 1. The lowest BCUT2D eigenvalue weighted by Gasteiger charge is -2.22. The minimum Gasteiger partial charge on any atom is -0.493 e. The van der Waals surface area contributed by atoms with E-state index in [1.165, 1.54) is 16.3 Å². The molecule has 0 unspecified atom stereocenters. The predicted octanol–water partition coefficient (Wildman–Crippen LogP) is 4.91. The van der Waals surface area contributed by atoms with Crippen LogP contribution in [0.3, 0.4) is 0 Å². The van der Waals surface area contributed by atoms with Crippen LogP contribution in [0.4, 0.5) is 0 Å². The van der Waals surface area contributed by atoms with Crippen molar-refractivity contribution < 1.29 is 4.74 Å². The Morgan fingerprint density at radius 3 is 2.52 bits per heavy atom. The Hall–Kier alpha value is -1.54. The molecule has 1 N–H and O–H groups in total. The van der Waals surface area contributed by atoms with Gasteiger partial charge in [-0.1, -0.05) is 43.7 Å². The molecule has 0 aliphatic rings. The van der Waals surface area contributed by atoms with E-state index in [-0.39, 0.29) is 5.54 Å². The van der Waals surface area contributed by atoms with E-state index in [1.807, 2.05) is 0 Å². The van der Waals surface area contributed by atoms with Crippen LogP contribution in [0.1, 0.15) is 46.1 Å². The molecule has 2 aromatic rings. The van der Waals surface area contributed by atoms with Crippen molar-refractivity contribution in [1.82, 2.24) is 5.32 Å². The lowest BCUT2D eigenvalue weighted by atomic mass is 10.0. The van der Waals surface area contributed by atoms with Gasteiger partial charge in [0.15, 0.2) is 0 Å². The van der Waals surface area contributed by atoms with E-state index >= 15 is 0 Å². The Balaban J connectivity index is 2.32. The molecule has 0 amide bonds. The summed E-state index contributed by atoms with van der Waals surface area (Å²) in [5.74, 6) is 1.01. The van der Waals surface area contributed by atoms with E-state index in [2.05, 4.69) is 69.4 Å². The maximum absolute atomic E-state index is 6.01. The van der Waals surface area contributed by atoms with Crippen molar-refractivity contribution >= 4 is 10.8 Å². The largest absolute Gasteiger partial charge is 0.493 e. The zero-order valence-electron chi connectivity index (χ0n) is 13.7. The van der Waals surface area contributed by atoms with Gasteiger partial charge in [-0.2, -0.15) is 0 Å². The third-order valence-corrected chi connectivity index (χ3v) is 3.55. The van der Waals surface area contributed by atoms with Crippen molar-refractivity contribution in [1.29, 1.82) is 0 Å². The third kappa shape index (κ3) is 4.47. The van der Waals surface area contributed by atoms with Crippen molar-refractivity contribution in [3.05, 3.63) is 42.0 Å². The SMILES string of the molecule is CCCCOc1ccc2ccccc2c1CNC(C)(C)C. The molecule has 2 aromatic carbocycles. The zero-order chi connectivity index (χ0) is 15.3. The van der Waals surface area contributed by atoms with Crippen LogP contribution in [0.25, 0.3) is 10.8 Å². The van der Waals surface area contributed by atoms with Crippen LogP contribution in [0.2, 0.25) is 0 Å². The molecule has 0 aliphatic carbocycles. The molecule has 0 radical (unpaired) electrons. The zero-order valence-corrected chi connectivity index (χ0v) is 13.7. The molecule has 114 valence electrons. The highest BCUT2D eigenvalue weighted by atomic mass is 16.5. The second-order valence-corrected chi connectivity index (χ2v) is 6.57. The summed E-state index contributed by atoms with van der Waals surface area (Å²) in [4.78, 5) is 0. The van der Waals surface area contributed by atoms with Gasteiger partial charge in [0.2, 0.25) is 0 Å². The van der Waals surface area contributed by atoms with Gasteiger partial charge in [-0.3, -0.25) is 0 Å². The number of benzene rings is 2. The maximum atomic E-state index is 6.01. The highest BCUT2D eigenvalue weighted by Crippen LogP contribution is 2.28. The van der Waals surface area contributed by atoms with Crippen LogP contribution in [-0.2, 0) is 6.54 Å². The van der Waals surface area contributed by atoms with E-state index in [1.54, 1.807) is 0 Å². The Labute approximate surface area is 128 Å². The van der Waals surface area contributed by atoms with Crippen LogP contribution in [-0.4, -0.2) is 12.1 Å². The first-order valence-electron chi connectivity index (χ1n) is 7.90. The smallest absolute Gasteiger partial charge is 0.124 e. The fourth-order valence-electron chi connectivity index (χ4n) is 2.31. The van der Waals surface area contributed by atoms with Gasteiger partial charge in [-0.15, -0.1) is 0 Å². The van der Waals surface area contributed by atoms with Crippen molar-refractivity contribution in [2.45, 2.75) is 52.6 Å². The summed E-state index contributed by atoms with van der Waals surface area (Å²) in [7, 11) is 0. The summed E-state index contributed by atoms with van der Waals surface area (Å²) in [6.07, 6.45) is 2.25. The first kappa shape index (κ1) is 15.8. The topological polar surface area (TPSA) is 21.3 Å². The standard InChI is InChI=1S/C19H27NO/c1-5-6-13-21-18-12-11-15-9-7-8-10-16(15)17(18)14-20-19(2,3)4/h7-12,20H,5-6,13-14H2,1-4H3. The summed E-state index contributed by atoms with van der Waals surface area (Å²) < 4.78 is 6.01. The summed E-state index contributed by atoms with van der Waals surface area (Å²) in [5.41, 5.74) is 1.36. The quantitative estimate of drug-likeness (QED) is 0.762. The maximum Gasteiger partial charge on any atom is 0.124 e. The number of rotatable bonds is 6. The van der Waals surface area contributed by atoms with Gasteiger partial charge < -0.3 is 10.1 Å². The Bertz CT molecular complexity index is 584. The van der Waals surface area contributed by atoms with E-state index in [9.17, 15) is 0 Å². The highest BCUT2D eigenvalue weighted by molar-refractivity contribution is 5.87. The average molecular weight is 285 g/mol. The molecule has 0 fully saturated rings. The number of ether oxygens (including phenoxy) is 1.